The molecule has 0 fully saturated rings. The Morgan fingerprint density at radius 1 is 1.19 bits per heavy atom. The molecule has 1 aromatic heterocycles. The number of benzene rings is 2. The van der Waals surface area contributed by atoms with Gasteiger partial charge in [-0.2, -0.15) is 0 Å². The van der Waals surface area contributed by atoms with Crippen LogP contribution in [0.25, 0.3) is 11.1 Å². The van der Waals surface area contributed by atoms with Crippen molar-refractivity contribution in [1.82, 2.24) is 4.57 Å². The van der Waals surface area contributed by atoms with E-state index >= 15 is 0 Å². The van der Waals surface area contributed by atoms with E-state index in [-0.39, 0.29) is 23.2 Å². The summed E-state index contributed by atoms with van der Waals surface area (Å²) in [5.74, 6) is -1.15. The van der Waals surface area contributed by atoms with Crippen molar-refractivity contribution in [3.8, 4) is 0 Å². The Morgan fingerprint density at radius 2 is 1.85 bits per heavy atom. The van der Waals surface area contributed by atoms with Gasteiger partial charge < -0.3 is 9.73 Å². The number of carbonyl (C=O) groups excluding carboxylic acids is 1. The van der Waals surface area contributed by atoms with Crippen LogP contribution in [-0.4, -0.2) is 15.4 Å². The van der Waals surface area contributed by atoms with Gasteiger partial charge in [-0.25, -0.2) is 4.79 Å². The van der Waals surface area contributed by atoms with Gasteiger partial charge in [-0.15, -0.1) is 0 Å². The molecule has 2 aromatic carbocycles. The third-order valence-electron chi connectivity index (χ3n) is 4.20. The zero-order valence-electron chi connectivity index (χ0n) is 15.2. The first-order chi connectivity index (χ1) is 12.6. The van der Waals surface area contributed by atoms with Crippen molar-refractivity contribution in [1.29, 1.82) is 0 Å². The van der Waals surface area contributed by atoms with Gasteiger partial charge in [-0.3, -0.25) is 19.5 Å². The van der Waals surface area contributed by atoms with E-state index in [0.29, 0.717) is 11.2 Å². The lowest BCUT2D eigenvalue weighted by Crippen LogP contribution is -2.24. The number of nitrogens with zero attached hydrogens (tertiary/aromatic N) is 2. The van der Waals surface area contributed by atoms with Crippen LogP contribution in [0.2, 0.25) is 0 Å². The monoisotopic (exact) mass is 369 g/mol. The predicted octanol–water partition coefficient (Wildman–Crippen LogP) is 3.44. The molecule has 0 spiro atoms. The van der Waals surface area contributed by atoms with Gasteiger partial charge in [-0.1, -0.05) is 32.9 Å². The standard InChI is InChI=1S/C19H19N3O5/c1-19(2,3)12-4-6-13(7-5-12)20-17(23)11-21-15-9-8-14(22(25)26)10-16(15)27-18(21)24/h4-10H,11H2,1-3H3,(H,20,23). The minimum Gasteiger partial charge on any atom is -0.407 e. The lowest BCUT2D eigenvalue weighted by atomic mass is 9.87. The Labute approximate surface area is 154 Å². The van der Waals surface area contributed by atoms with Crippen LogP contribution in [0.4, 0.5) is 11.4 Å². The van der Waals surface area contributed by atoms with Gasteiger partial charge in [0.25, 0.3) is 5.69 Å². The maximum atomic E-state index is 12.3. The highest BCUT2D eigenvalue weighted by Gasteiger charge is 2.17. The van der Waals surface area contributed by atoms with Crippen molar-refractivity contribution in [2.75, 3.05) is 5.32 Å². The molecule has 1 N–H and O–H groups in total. The third kappa shape index (κ3) is 3.89. The Kier molecular flexibility index (Phi) is 4.57. The lowest BCUT2D eigenvalue weighted by molar-refractivity contribution is -0.384. The normalized spacial score (nSPS) is 11.5. The van der Waals surface area contributed by atoms with Gasteiger partial charge in [0.15, 0.2) is 5.58 Å². The molecule has 3 rings (SSSR count). The number of hydrogen-bond donors (Lipinski definition) is 1. The minimum atomic E-state index is -0.747. The summed E-state index contributed by atoms with van der Waals surface area (Å²) in [4.78, 5) is 34.6. The van der Waals surface area contributed by atoms with Gasteiger partial charge in [0.05, 0.1) is 16.5 Å². The highest BCUT2D eigenvalue weighted by atomic mass is 16.6. The van der Waals surface area contributed by atoms with Crippen molar-refractivity contribution >= 4 is 28.4 Å². The average Bonchev–Trinajstić information content (AvgIpc) is 2.89. The molecule has 0 radical (unpaired) electrons. The number of nitro benzene ring substituents is 1. The first-order valence-corrected chi connectivity index (χ1v) is 8.33. The largest absolute Gasteiger partial charge is 0.420 e. The summed E-state index contributed by atoms with van der Waals surface area (Å²) in [6.07, 6.45) is 0. The van der Waals surface area contributed by atoms with Crippen molar-refractivity contribution in [3.63, 3.8) is 0 Å². The Hall–Kier alpha value is -3.42. The highest BCUT2D eigenvalue weighted by molar-refractivity contribution is 5.91. The summed E-state index contributed by atoms with van der Waals surface area (Å²) in [5.41, 5.74) is 1.96. The minimum absolute atomic E-state index is 0.00810. The molecular weight excluding hydrogens is 350 g/mol. The van der Waals surface area contributed by atoms with E-state index in [1.54, 1.807) is 12.1 Å². The molecule has 8 nitrogen and oxygen atoms in total. The number of nitrogens with one attached hydrogen (secondary N) is 1. The quantitative estimate of drug-likeness (QED) is 0.560. The number of nitro groups is 1. The van der Waals surface area contributed by atoms with Crippen LogP contribution in [0.3, 0.4) is 0 Å². The number of hydrogen-bond acceptors (Lipinski definition) is 5. The van der Waals surface area contributed by atoms with E-state index in [4.69, 9.17) is 4.42 Å². The Morgan fingerprint density at radius 3 is 2.44 bits per heavy atom. The molecule has 0 aliphatic heterocycles. The summed E-state index contributed by atoms with van der Waals surface area (Å²) in [6, 6.07) is 11.3. The number of rotatable bonds is 4. The number of aromatic nitrogens is 1. The topological polar surface area (TPSA) is 107 Å². The molecule has 3 aromatic rings. The predicted molar refractivity (Wildman–Crippen MR) is 101 cm³/mol. The van der Waals surface area contributed by atoms with Crippen LogP contribution < -0.4 is 11.1 Å². The number of anilines is 1. The third-order valence-corrected chi connectivity index (χ3v) is 4.20. The van der Waals surface area contributed by atoms with E-state index in [2.05, 4.69) is 26.1 Å². The molecular formula is C19H19N3O5. The van der Waals surface area contributed by atoms with Crippen molar-refractivity contribution in [2.24, 2.45) is 0 Å². The van der Waals surface area contributed by atoms with Gasteiger partial charge >= 0.3 is 5.76 Å². The molecule has 1 heterocycles. The van der Waals surface area contributed by atoms with E-state index in [0.717, 1.165) is 16.2 Å². The Bertz CT molecular complexity index is 1070. The van der Waals surface area contributed by atoms with Crippen LogP contribution in [0.15, 0.2) is 51.7 Å². The van der Waals surface area contributed by atoms with Crippen molar-refractivity contribution in [3.05, 3.63) is 68.7 Å². The molecule has 0 atom stereocenters. The number of fused-ring (bicyclic) bond motifs is 1. The summed E-state index contributed by atoms with van der Waals surface area (Å²) >= 11 is 0. The zero-order chi connectivity index (χ0) is 19.8. The molecule has 0 bridgehead atoms. The second-order valence-corrected chi connectivity index (χ2v) is 7.24. The van der Waals surface area contributed by atoms with Crippen LogP contribution >= 0.6 is 0 Å². The number of amides is 1. The van der Waals surface area contributed by atoms with E-state index < -0.39 is 16.6 Å². The van der Waals surface area contributed by atoms with Gasteiger partial charge in [-0.05, 0) is 29.2 Å². The maximum Gasteiger partial charge on any atom is 0.420 e. The summed E-state index contributed by atoms with van der Waals surface area (Å²) in [6.45, 7) is 6.04. The number of non-ortho nitro benzene ring substituents is 1. The SMILES string of the molecule is CC(C)(C)c1ccc(NC(=O)Cn2c(=O)oc3cc([N+](=O)[O-])ccc32)cc1. The number of carbonyl (C=O) groups is 1. The van der Waals surface area contributed by atoms with E-state index in [1.165, 1.54) is 12.1 Å². The molecule has 0 aliphatic rings. The summed E-state index contributed by atoms with van der Waals surface area (Å²) in [5, 5.41) is 13.5. The fourth-order valence-corrected chi connectivity index (χ4v) is 2.72. The zero-order valence-corrected chi connectivity index (χ0v) is 15.2. The van der Waals surface area contributed by atoms with Crippen LogP contribution in [0.1, 0.15) is 26.3 Å². The second-order valence-electron chi connectivity index (χ2n) is 7.24. The van der Waals surface area contributed by atoms with E-state index in [1.807, 2.05) is 12.1 Å². The molecule has 0 saturated heterocycles. The van der Waals surface area contributed by atoms with Gasteiger partial charge in [0.1, 0.15) is 6.54 Å². The molecule has 0 saturated carbocycles. The first-order valence-electron chi connectivity index (χ1n) is 8.33. The van der Waals surface area contributed by atoms with Crippen molar-refractivity contribution in [2.45, 2.75) is 32.7 Å². The number of oxazole rings is 1. The van der Waals surface area contributed by atoms with Gasteiger partial charge in [0.2, 0.25) is 5.91 Å². The summed E-state index contributed by atoms with van der Waals surface area (Å²) in [7, 11) is 0. The molecule has 27 heavy (non-hydrogen) atoms. The lowest BCUT2D eigenvalue weighted by Gasteiger charge is -2.19. The van der Waals surface area contributed by atoms with Crippen molar-refractivity contribution < 1.29 is 14.1 Å². The Balaban J connectivity index is 1.79. The molecule has 1 amide bonds. The average molecular weight is 369 g/mol. The van der Waals surface area contributed by atoms with Crippen LogP contribution in [0, 0.1) is 10.1 Å². The molecule has 8 heteroatoms. The van der Waals surface area contributed by atoms with Gasteiger partial charge in [0, 0.05) is 11.8 Å². The first kappa shape index (κ1) is 18.4. The van der Waals surface area contributed by atoms with E-state index in [9.17, 15) is 19.7 Å². The van der Waals surface area contributed by atoms with Crippen LogP contribution in [-0.2, 0) is 16.8 Å². The highest BCUT2D eigenvalue weighted by Crippen LogP contribution is 2.24. The smallest absolute Gasteiger partial charge is 0.407 e. The molecule has 0 aliphatic carbocycles. The summed E-state index contributed by atoms with van der Waals surface area (Å²) < 4.78 is 6.15. The van der Waals surface area contributed by atoms with Crippen LogP contribution in [0.5, 0.6) is 0 Å². The second kappa shape index (κ2) is 6.71. The fourth-order valence-electron chi connectivity index (χ4n) is 2.72. The molecule has 140 valence electrons. The fraction of sp³-hybridized carbons (Fsp3) is 0.263. The maximum absolute atomic E-state index is 12.3. The molecule has 0 unspecified atom stereocenters.